The molecule has 4 nitrogen and oxygen atoms in total. The average Bonchev–Trinajstić information content (AvgIpc) is 3.34. The van der Waals surface area contributed by atoms with Crippen molar-refractivity contribution in [2.75, 3.05) is 32.8 Å². The summed E-state index contributed by atoms with van der Waals surface area (Å²) in [4.78, 5) is 7.17. The number of hydrogen-bond acceptors (Lipinski definition) is 3. The second-order valence-corrected chi connectivity index (χ2v) is 10.4. The highest BCUT2D eigenvalue weighted by atomic mass is 16.7. The maximum absolute atomic E-state index is 5.68. The lowest BCUT2D eigenvalue weighted by Gasteiger charge is -2.36. The predicted molar refractivity (Wildman–Crippen MR) is 145 cm³/mol. The minimum atomic E-state index is -0.312. The first-order chi connectivity index (χ1) is 17.2. The first-order valence-electron chi connectivity index (χ1n) is 13.9. The van der Waals surface area contributed by atoms with Gasteiger partial charge in [-0.15, -0.1) is 0 Å². The number of unbranched alkanes of at least 4 members (excludes halogenated alkanes) is 5. The summed E-state index contributed by atoms with van der Waals surface area (Å²) in [6.07, 6.45) is 13.1. The summed E-state index contributed by atoms with van der Waals surface area (Å²) in [6.45, 7) is 6.74. The molecule has 0 atom stereocenters. The van der Waals surface area contributed by atoms with Crippen LogP contribution in [0.2, 0.25) is 0 Å². The zero-order valence-corrected chi connectivity index (χ0v) is 21.6. The fourth-order valence-corrected chi connectivity index (χ4v) is 5.66. The average molecular weight is 477 g/mol. The molecule has 0 radical (unpaired) electrons. The van der Waals surface area contributed by atoms with Crippen molar-refractivity contribution in [1.82, 2.24) is 4.90 Å². The van der Waals surface area contributed by atoms with Crippen LogP contribution in [-0.2, 0) is 9.47 Å². The number of nitrogens with zero attached hydrogens (tertiary/aromatic N) is 2. The van der Waals surface area contributed by atoms with Gasteiger partial charge in [0.05, 0.1) is 19.6 Å². The number of likely N-dealkylation sites (tertiary alicyclic amines) is 1. The summed E-state index contributed by atoms with van der Waals surface area (Å²) in [5.41, 5.74) is 2.89. The second kappa shape index (κ2) is 13.8. The van der Waals surface area contributed by atoms with Gasteiger partial charge in [0.2, 0.25) is 0 Å². The van der Waals surface area contributed by atoms with Crippen LogP contribution in [-0.4, -0.2) is 49.9 Å². The zero-order valence-electron chi connectivity index (χ0n) is 21.6. The maximum Gasteiger partial charge on any atom is 0.165 e. The lowest BCUT2D eigenvalue weighted by Crippen LogP contribution is -2.35. The molecule has 0 N–H and O–H groups in total. The van der Waals surface area contributed by atoms with Gasteiger partial charge < -0.3 is 14.4 Å². The van der Waals surface area contributed by atoms with E-state index in [1.807, 2.05) is 0 Å². The van der Waals surface area contributed by atoms with E-state index in [2.05, 4.69) is 78.8 Å². The summed E-state index contributed by atoms with van der Waals surface area (Å²) in [6, 6.07) is 22.1. The Hall–Kier alpha value is -2.17. The normalized spacial score (nSPS) is 18.6. The van der Waals surface area contributed by atoms with Crippen LogP contribution in [0, 0.1) is 5.92 Å². The van der Waals surface area contributed by atoms with Crippen LogP contribution >= 0.6 is 0 Å². The number of ether oxygens (including phenoxy) is 2. The molecule has 0 unspecified atom stereocenters. The molecule has 35 heavy (non-hydrogen) atoms. The van der Waals surface area contributed by atoms with E-state index in [-0.39, 0.29) is 5.79 Å². The quantitative estimate of drug-likeness (QED) is 0.176. The predicted octanol–water partition coefficient (Wildman–Crippen LogP) is 7.05. The van der Waals surface area contributed by atoms with E-state index in [1.165, 1.54) is 62.5 Å². The summed E-state index contributed by atoms with van der Waals surface area (Å²) in [7, 11) is 0. The Bertz CT molecular complexity index is 817. The van der Waals surface area contributed by atoms with Gasteiger partial charge in [-0.05, 0) is 49.7 Å². The topological polar surface area (TPSA) is 34.1 Å². The van der Waals surface area contributed by atoms with Crippen LogP contribution in [0.5, 0.6) is 0 Å². The highest BCUT2D eigenvalue weighted by Crippen LogP contribution is 2.37. The van der Waals surface area contributed by atoms with Gasteiger partial charge in [-0.2, -0.15) is 0 Å². The van der Waals surface area contributed by atoms with Gasteiger partial charge in [-0.25, -0.2) is 0 Å². The molecule has 4 heteroatoms. The lowest BCUT2D eigenvalue weighted by molar-refractivity contribution is -0.147. The summed E-state index contributed by atoms with van der Waals surface area (Å²) < 4.78 is 11.4. The van der Waals surface area contributed by atoms with Crippen molar-refractivity contribution in [2.24, 2.45) is 10.9 Å². The van der Waals surface area contributed by atoms with Gasteiger partial charge >= 0.3 is 0 Å². The molecule has 0 aliphatic carbocycles. The summed E-state index contributed by atoms with van der Waals surface area (Å²) >= 11 is 0. The Balaban J connectivity index is 1.11. The Morgan fingerprint density at radius 1 is 0.829 bits per heavy atom. The summed E-state index contributed by atoms with van der Waals surface area (Å²) in [5, 5.41) is 0. The van der Waals surface area contributed by atoms with Gasteiger partial charge in [0, 0.05) is 32.0 Å². The molecule has 0 saturated carbocycles. The zero-order chi connectivity index (χ0) is 24.2. The molecule has 2 aliphatic heterocycles. The molecule has 0 bridgehead atoms. The van der Waals surface area contributed by atoms with E-state index >= 15 is 0 Å². The molecule has 0 spiro atoms. The highest BCUT2D eigenvalue weighted by molar-refractivity contribution is 5.55. The molecule has 2 aliphatic rings. The Kier molecular flexibility index (Phi) is 10.2. The highest BCUT2D eigenvalue weighted by Gasteiger charge is 2.30. The molecule has 2 fully saturated rings. The smallest absolute Gasteiger partial charge is 0.165 e. The van der Waals surface area contributed by atoms with Gasteiger partial charge in [0.25, 0.3) is 0 Å². The molecule has 2 heterocycles. The van der Waals surface area contributed by atoms with E-state index in [9.17, 15) is 0 Å². The summed E-state index contributed by atoms with van der Waals surface area (Å²) in [5.74, 6) is 0.851. The second-order valence-electron chi connectivity index (χ2n) is 10.4. The molecule has 2 aromatic carbocycles. The Morgan fingerprint density at radius 3 is 1.97 bits per heavy atom. The van der Waals surface area contributed by atoms with Crippen molar-refractivity contribution in [3.63, 3.8) is 0 Å². The SMILES string of the molecule is CC1(CCCCCCCCN=CN2CCC(C(c3ccccc3)c3ccccc3)CC2)OCCO1. The standard InChI is InChI=1S/C31H44N2O2/c1-31(34-24-25-35-31)20-12-4-2-3-5-13-21-32-26-33-22-18-29(19-23-33)30(27-14-8-6-9-15-27)28-16-10-7-11-17-28/h6-11,14-17,26,29-30H,2-5,12-13,18-25H2,1H3. The van der Waals surface area contributed by atoms with Crippen LogP contribution in [0.15, 0.2) is 65.7 Å². The number of piperidine rings is 1. The molecule has 0 aromatic heterocycles. The van der Waals surface area contributed by atoms with Crippen molar-refractivity contribution in [3.8, 4) is 0 Å². The maximum atomic E-state index is 5.68. The Labute approximate surface area is 212 Å². The number of hydrogen-bond donors (Lipinski definition) is 0. The fourth-order valence-electron chi connectivity index (χ4n) is 5.66. The molecule has 2 saturated heterocycles. The van der Waals surface area contributed by atoms with Crippen LogP contribution in [0.4, 0.5) is 0 Å². The van der Waals surface area contributed by atoms with E-state index in [4.69, 9.17) is 14.5 Å². The van der Waals surface area contributed by atoms with Crippen molar-refractivity contribution in [3.05, 3.63) is 71.8 Å². The molecular formula is C31H44N2O2. The third kappa shape index (κ3) is 8.18. The first-order valence-corrected chi connectivity index (χ1v) is 13.9. The minimum absolute atomic E-state index is 0.312. The van der Waals surface area contributed by atoms with Gasteiger partial charge in [-0.1, -0.05) is 86.3 Å². The molecule has 190 valence electrons. The molecule has 0 amide bonds. The van der Waals surface area contributed by atoms with E-state index in [0.717, 1.165) is 39.3 Å². The first kappa shape index (κ1) is 25.9. The Morgan fingerprint density at radius 2 is 1.37 bits per heavy atom. The van der Waals surface area contributed by atoms with Crippen LogP contribution in [0.25, 0.3) is 0 Å². The van der Waals surface area contributed by atoms with Gasteiger partial charge in [0.1, 0.15) is 0 Å². The van der Waals surface area contributed by atoms with Gasteiger partial charge in [0.15, 0.2) is 5.79 Å². The monoisotopic (exact) mass is 476 g/mol. The fraction of sp³-hybridized carbons (Fsp3) is 0.581. The largest absolute Gasteiger partial charge is 0.363 e. The van der Waals surface area contributed by atoms with E-state index in [0.29, 0.717) is 11.8 Å². The van der Waals surface area contributed by atoms with Crippen molar-refractivity contribution in [1.29, 1.82) is 0 Å². The number of rotatable bonds is 13. The van der Waals surface area contributed by atoms with Crippen molar-refractivity contribution >= 4 is 6.34 Å². The van der Waals surface area contributed by atoms with Crippen molar-refractivity contribution in [2.45, 2.75) is 76.4 Å². The minimum Gasteiger partial charge on any atom is -0.363 e. The van der Waals surface area contributed by atoms with Crippen LogP contribution in [0.1, 0.15) is 81.8 Å². The van der Waals surface area contributed by atoms with Crippen LogP contribution in [0.3, 0.4) is 0 Å². The van der Waals surface area contributed by atoms with Crippen LogP contribution < -0.4 is 0 Å². The van der Waals surface area contributed by atoms with Gasteiger partial charge in [-0.3, -0.25) is 4.99 Å². The molecule has 4 rings (SSSR count). The lowest BCUT2D eigenvalue weighted by atomic mass is 9.76. The molecular weight excluding hydrogens is 432 g/mol. The van der Waals surface area contributed by atoms with E-state index < -0.39 is 0 Å². The number of aliphatic imine (C=N–C) groups is 1. The van der Waals surface area contributed by atoms with E-state index in [1.54, 1.807) is 0 Å². The molecule has 2 aromatic rings. The number of benzene rings is 2. The van der Waals surface area contributed by atoms with Crippen molar-refractivity contribution < 1.29 is 9.47 Å². The third-order valence-corrected chi connectivity index (χ3v) is 7.67. The third-order valence-electron chi connectivity index (χ3n) is 7.67.